The van der Waals surface area contributed by atoms with Crippen LogP contribution in [0.2, 0.25) is 0 Å². The van der Waals surface area contributed by atoms with Crippen LogP contribution in [0.1, 0.15) is 38.7 Å². The molecule has 11 nitrogen and oxygen atoms in total. The maximum absolute atomic E-state index is 13.0. The van der Waals surface area contributed by atoms with Gasteiger partial charge in [0, 0.05) is 51.0 Å². The Morgan fingerprint density at radius 3 is 2.32 bits per heavy atom. The summed E-state index contributed by atoms with van der Waals surface area (Å²) in [5.41, 5.74) is 3.45. The summed E-state index contributed by atoms with van der Waals surface area (Å²) in [6.07, 6.45) is 0.183. The molecule has 0 spiro atoms. The van der Waals surface area contributed by atoms with E-state index in [1.165, 1.54) is 23.4 Å². The number of carbonyl (C=O) groups excluding carboxylic acids is 3. The molecule has 5 rings (SSSR count). The molecule has 0 saturated carbocycles. The van der Waals surface area contributed by atoms with Crippen LogP contribution in [0.4, 0.5) is 21.9 Å². The predicted octanol–water partition coefficient (Wildman–Crippen LogP) is 3.75. The number of ether oxygens (including phenoxy) is 1. The van der Waals surface area contributed by atoms with E-state index in [1.807, 2.05) is 12.1 Å². The molecule has 2 fully saturated rings. The number of hydrogen-bond acceptors (Lipinski definition) is 8. The van der Waals surface area contributed by atoms with Crippen molar-refractivity contribution < 1.29 is 28.6 Å². The first-order chi connectivity index (χ1) is 19.8. The Balaban J connectivity index is 1.32. The van der Waals surface area contributed by atoms with Crippen LogP contribution in [0, 0.1) is 13.8 Å². The van der Waals surface area contributed by atoms with E-state index in [2.05, 4.69) is 39.5 Å². The van der Waals surface area contributed by atoms with Gasteiger partial charge in [0.25, 0.3) is 11.8 Å². The topological polar surface area (TPSA) is 128 Å². The second kappa shape index (κ2) is 12.2. The van der Waals surface area contributed by atoms with Gasteiger partial charge in [-0.25, -0.2) is 4.79 Å². The monoisotopic (exact) mass is 561 g/mol. The van der Waals surface area contributed by atoms with Crippen LogP contribution < -0.4 is 20.4 Å². The average molecular weight is 562 g/mol. The quantitative estimate of drug-likeness (QED) is 0.266. The largest absolute Gasteiger partial charge is 0.507 e. The Kier molecular flexibility index (Phi) is 8.32. The summed E-state index contributed by atoms with van der Waals surface area (Å²) in [6, 6.07) is 14.6. The molecule has 0 bridgehead atoms. The maximum atomic E-state index is 13.0. The Bertz CT molecular complexity index is 1430. The number of cyclic esters (lactones) is 1. The Morgan fingerprint density at radius 1 is 0.927 bits per heavy atom. The van der Waals surface area contributed by atoms with Crippen molar-refractivity contribution in [3.63, 3.8) is 0 Å². The van der Waals surface area contributed by atoms with Crippen LogP contribution in [0.15, 0.2) is 52.9 Å². The molecule has 3 aromatic rings. The van der Waals surface area contributed by atoms with Crippen LogP contribution >= 0.6 is 0 Å². The first kappa shape index (κ1) is 27.9. The molecule has 216 valence electrons. The summed E-state index contributed by atoms with van der Waals surface area (Å²) in [5.74, 6) is -0.360. The van der Waals surface area contributed by atoms with Crippen LogP contribution in [-0.4, -0.2) is 80.3 Å². The number of nitrogens with zero attached hydrogens (tertiary/aromatic N) is 3. The molecule has 0 aliphatic carbocycles. The van der Waals surface area contributed by atoms with Crippen LogP contribution in [0.3, 0.4) is 0 Å². The van der Waals surface area contributed by atoms with E-state index in [4.69, 9.17) is 9.15 Å². The van der Waals surface area contributed by atoms with Gasteiger partial charge in [-0.3, -0.25) is 9.59 Å². The van der Waals surface area contributed by atoms with Gasteiger partial charge in [-0.1, -0.05) is 18.2 Å². The summed E-state index contributed by atoms with van der Waals surface area (Å²) in [5, 5.41) is 16.6. The number of hydrogen-bond donors (Lipinski definition) is 3. The third-order valence-electron chi connectivity index (χ3n) is 7.38. The van der Waals surface area contributed by atoms with E-state index in [9.17, 15) is 19.5 Å². The molecular formula is C30H35N5O6. The Labute approximate surface area is 238 Å². The number of furan rings is 1. The Morgan fingerprint density at radius 2 is 1.66 bits per heavy atom. The van der Waals surface area contributed by atoms with Gasteiger partial charge in [0.1, 0.15) is 18.1 Å². The van der Waals surface area contributed by atoms with Crippen LogP contribution in [0.5, 0.6) is 5.75 Å². The van der Waals surface area contributed by atoms with Gasteiger partial charge in [-0.05, 0) is 50.1 Å². The zero-order chi connectivity index (χ0) is 28.9. The maximum Gasteiger partial charge on any atom is 0.409 e. The summed E-state index contributed by atoms with van der Waals surface area (Å²) >= 11 is 0. The minimum atomic E-state index is -0.480. The van der Waals surface area contributed by atoms with Crippen molar-refractivity contribution in [2.24, 2.45) is 0 Å². The molecule has 2 saturated heterocycles. The highest BCUT2D eigenvalue weighted by atomic mass is 16.6. The third kappa shape index (κ3) is 6.40. The number of aromatic hydroxyl groups is 1. The normalized spacial score (nSPS) is 15.2. The van der Waals surface area contributed by atoms with E-state index in [-0.39, 0.29) is 23.2 Å². The number of benzene rings is 2. The summed E-state index contributed by atoms with van der Waals surface area (Å²) in [7, 11) is 0. The number of nitrogens with one attached hydrogen (secondary N) is 2. The molecule has 3 amide bonds. The van der Waals surface area contributed by atoms with Crippen molar-refractivity contribution in [1.82, 2.24) is 10.2 Å². The summed E-state index contributed by atoms with van der Waals surface area (Å²) in [6.45, 7) is 8.33. The van der Waals surface area contributed by atoms with E-state index >= 15 is 0 Å². The molecular weight excluding hydrogens is 526 g/mol. The van der Waals surface area contributed by atoms with Crippen molar-refractivity contribution >= 4 is 35.0 Å². The van der Waals surface area contributed by atoms with Gasteiger partial charge in [0.05, 0.1) is 23.5 Å². The lowest BCUT2D eigenvalue weighted by Crippen LogP contribution is -2.47. The molecule has 0 atom stereocenters. The molecule has 0 radical (unpaired) electrons. The summed E-state index contributed by atoms with van der Waals surface area (Å²) in [4.78, 5) is 43.7. The highest BCUT2D eigenvalue weighted by Gasteiger charge is 2.25. The Hall–Kier alpha value is -4.67. The van der Waals surface area contributed by atoms with E-state index in [0.717, 1.165) is 13.1 Å². The van der Waals surface area contributed by atoms with Crippen molar-refractivity contribution in [2.75, 3.05) is 67.5 Å². The smallest absolute Gasteiger partial charge is 0.409 e. The second-order valence-corrected chi connectivity index (χ2v) is 10.2. The molecule has 0 unspecified atom stereocenters. The number of phenols is 1. The molecule has 2 aliphatic heterocycles. The second-order valence-electron chi connectivity index (χ2n) is 10.2. The number of carbonyl (C=O) groups is 3. The van der Waals surface area contributed by atoms with Crippen LogP contribution in [-0.2, 0) is 4.74 Å². The van der Waals surface area contributed by atoms with E-state index < -0.39 is 11.8 Å². The van der Waals surface area contributed by atoms with Crippen molar-refractivity contribution in [3.05, 3.63) is 71.2 Å². The lowest BCUT2D eigenvalue weighted by molar-refractivity contribution is 0.0947. The molecule has 3 N–H and O–H groups in total. The number of piperazine rings is 1. The molecule has 2 aromatic carbocycles. The first-order valence-electron chi connectivity index (χ1n) is 13.8. The van der Waals surface area contributed by atoms with Gasteiger partial charge in [-0.2, -0.15) is 0 Å². The lowest BCUT2D eigenvalue weighted by Gasteiger charge is -2.38. The number of amides is 3. The molecule has 3 heterocycles. The van der Waals surface area contributed by atoms with Crippen molar-refractivity contribution in [1.29, 1.82) is 0 Å². The standard InChI is InChI=1S/C30H35N5O6/c1-20-6-3-4-7-24(20)33-12-14-34(15-13-33)25-19-26(36)22(18-23(25)32-29(38)27-9-8-21(2)41-27)28(37)31-10-5-11-35-16-17-40-30(35)39/h3-4,6-9,18-19,36H,5,10-17H2,1-2H3,(H,31,37)(H,32,38). The average Bonchev–Trinajstić information content (AvgIpc) is 3.59. The van der Waals surface area contributed by atoms with Gasteiger partial charge < -0.3 is 39.6 Å². The van der Waals surface area contributed by atoms with E-state index in [1.54, 1.807) is 24.0 Å². The highest BCUT2D eigenvalue weighted by molar-refractivity contribution is 6.06. The van der Waals surface area contributed by atoms with Crippen LogP contribution in [0.25, 0.3) is 0 Å². The van der Waals surface area contributed by atoms with Gasteiger partial charge in [0.2, 0.25) is 0 Å². The summed E-state index contributed by atoms with van der Waals surface area (Å²) < 4.78 is 10.4. The predicted molar refractivity (Wildman–Crippen MR) is 155 cm³/mol. The zero-order valence-electron chi connectivity index (χ0n) is 23.3. The minimum absolute atomic E-state index is 0.0406. The van der Waals surface area contributed by atoms with Gasteiger partial charge in [-0.15, -0.1) is 0 Å². The fraction of sp³-hybridized carbons (Fsp3) is 0.367. The van der Waals surface area contributed by atoms with Gasteiger partial charge >= 0.3 is 6.09 Å². The molecule has 11 heteroatoms. The number of para-hydroxylation sites is 1. The SMILES string of the molecule is Cc1ccc(C(=O)Nc2cc(C(=O)NCCCN3CCOC3=O)c(O)cc2N2CCN(c3ccccc3C)CC2)o1. The fourth-order valence-corrected chi connectivity index (χ4v) is 5.16. The number of phenolic OH excluding ortho intramolecular Hbond substituents is 1. The molecule has 1 aromatic heterocycles. The molecule has 2 aliphatic rings. The number of aryl methyl sites for hydroxylation is 2. The third-order valence-corrected chi connectivity index (χ3v) is 7.38. The van der Waals surface area contributed by atoms with Crippen molar-refractivity contribution in [2.45, 2.75) is 20.3 Å². The first-order valence-corrected chi connectivity index (χ1v) is 13.8. The molecule has 41 heavy (non-hydrogen) atoms. The van der Waals surface area contributed by atoms with Crippen molar-refractivity contribution in [3.8, 4) is 5.75 Å². The number of rotatable bonds is 9. The number of anilines is 3. The lowest BCUT2D eigenvalue weighted by atomic mass is 10.1. The van der Waals surface area contributed by atoms with E-state index in [0.29, 0.717) is 62.9 Å². The minimum Gasteiger partial charge on any atom is -0.507 e. The highest BCUT2D eigenvalue weighted by Crippen LogP contribution is 2.35. The fourth-order valence-electron chi connectivity index (χ4n) is 5.16. The van der Waals surface area contributed by atoms with Gasteiger partial charge in [0.15, 0.2) is 5.76 Å². The zero-order valence-corrected chi connectivity index (χ0v) is 23.3.